The van der Waals surface area contributed by atoms with Gasteiger partial charge in [-0.25, -0.2) is 0 Å². The highest BCUT2D eigenvalue weighted by molar-refractivity contribution is 7.18. The van der Waals surface area contributed by atoms with E-state index in [0.717, 1.165) is 38.2 Å². The highest BCUT2D eigenvalue weighted by atomic mass is 127. The molecule has 0 aliphatic rings. The van der Waals surface area contributed by atoms with Crippen molar-refractivity contribution >= 4 is 39.4 Å². The second-order valence-electron chi connectivity index (χ2n) is 8.10. The summed E-state index contributed by atoms with van der Waals surface area (Å²) in [7, 11) is 4.14. The van der Waals surface area contributed by atoms with Crippen molar-refractivity contribution in [3.63, 3.8) is 0 Å². The zero-order valence-electron chi connectivity index (χ0n) is 19.3. The molecule has 0 saturated heterocycles. The maximum Gasteiger partial charge on any atom is 0.262 e. The van der Waals surface area contributed by atoms with Crippen LogP contribution >= 0.6 is 11.3 Å². The monoisotopic (exact) mass is 570 g/mol. The van der Waals surface area contributed by atoms with Crippen molar-refractivity contribution in [1.29, 1.82) is 0 Å². The summed E-state index contributed by atoms with van der Waals surface area (Å²) in [5.41, 5.74) is 3.76. The Hall–Kier alpha value is -2.38. The van der Waals surface area contributed by atoms with Crippen LogP contribution < -0.4 is 38.2 Å². The lowest BCUT2D eigenvalue weighted by Crippen LogP contribution is -3.00. The van der Waals surface area contributed by atoms with Gasteiger partial charge >= 0.3 is 0 Å². The van der Waals surface area contributed by atoms with Crippen LogP contribution in [0.25, 0.3) is 22.4 Å². The fraction of sp³-hybridized carbons (Fsp3) is 0.250. The first-order valence-electron chi connectivity index (χ1n) is 11.3. The van der Waals surface area contributed by atoms with Gasteiger partial charge < -0.3 is 33.6 Å². The molecule has 5 heteroatoms. The summed E-state index contributed by atoms with van der Waals surface area (Å²) < 4.78 is 9.63. The molecular weight excluding hydrogens is 539 g/mol. The number of benzene rings is 3. The Morgan fingerprint density at radius 3 is 2.30 bits per heavy atom. The van der Waals surface area contributed by atoms with E-state index in [2.05, 4.69) is 84.2 Å². The van der Waals surface area contributed by atoms with Gasteiger partial charge in [0.25, 0.3) is 5.01 Å². The van der Waals surface area contributed by atoms with Crippen molar-refractivity contribution in [2.24, 2.45) is 0 Å². The minimum absolute atomic E-state index is 0. The van der Waals surface area contributed by atoms with E-state index in [1.54, 1.807) is 0 Å². The Morgan fingerprint density at radius 1 is 0.818 bits per heavy atom. The Kier molecular flexibility index (Phi) is 9.76. The number of ether oxygens (including phenoxy) is 1. The summed E-state index contributed by atoms with van der Waals surface area (Å²) in [6, 6.07) is 27.4. The van der Waals surface area contributed by atoms with Gasteiger partial charge in [-0.3, -0.25) is 0 Å². The summed E-state index contributed by atoms with van der Waals surface area (Å²) in [6.07, 6.45) is 7.84. The van der Waals surface area contributed by atoms with Crippen LogP contribution in [0.2, 0.25) is 0 Å². The van der Waals surface area contributed by atoms with E-state index < -0.39 is 0 Å². The average Bonchev–Trinajstić information content (AvgIpc) is 3.18. The molecule has 4 rings (SSSR count). The number of para-hydroxylation sites is 2. The zero-order valence-corrected chi connectivity index (χ0v) is 22.3. The molecule has 172 valence electrons. The predicted octanol–water partition coefficient (Wildman–Crippen LogP) is 3.68. The molecule has 0 saturated carbocycles. The molecule has 0 atom stereocenters. The number of thiazole rings is 1. The van der Waals surface area contributed by atoms with Crippen LogP contribution in [0.1, 0.15) is 29.8 Å². The number of hydrogen-bond acceptors (Lipinski definition) is 3. The van der Waals surface area contributed by atoms with Crippen LogP contribution in [0.4, 0.5) is 5.69 Å². The highest BCUT2D eigenvalue weighted by Gasteiger charge is 2.17. The van der Waals surface area contributed by atoms with Gasteiger partial charge in [-0.05, 0) is 54.8 Å². The Labute approximate surface area is 218 Å². The van der Waals surface area contributed by atoms with Crippen molar-refractivity contribution in [3.05, 3.63) is 89.4 Å². The third kappa shape index (κ3) is 7.05. The normalized spacial score (nSPS) is 11.0. The van der Waals surface area contributed by atoms with E-state index in [9.17, 15) is 0 Å². The van der Waals surface area contributed by atoms with Crippen LogP contribution in [-0.4, -0.2) is 20.7 Å². The SMILES string of the molecule is CN(C)c1ccc(/C=C/c2sc3ccccc3[n+]2CCCCCOc2ccccc2)cc1.[I-]. The van der Waals surface area contributed by atoms with Crippen molar-refractivity contribution < 1.29 is 33.3 Å². The second-order valence-corrected chi connectivity index (χ2v) is 9.16. The number of halogens is 1. The largest absolute Gasteiger partial charge is 1.00 e. The number of aryl methyl sites for hydroxylation is 1. The molecule has 4 aromatic rings. The molecule has 0 amide bonds. The van der Waals surface area contributed by atoms with Gasteiger partial charge in [0.15, 0.2) is 6.54 Å². The van der Waals surface area contributed by atoms with E-state index in [1.165, 1.54) is 26.5 Å². The van der Waals surface area contributed by atoms with Crippen LogP contribution in [0.5, 0.6) is 5.75 Å². The van der Waals surface area contributed by atoms with Gasteiger partial charge in [-0.2, -0.15) is 4.57 Å². The first-order chi connectivity index (χ1) is 15.7. The lowest BCUT2D eigenvalue weighted by molar-refractivity contribution is -0.669. The number of hydrogen-bond donors (Lipinski definition) is 0. The Morgan fingerprint density at radius 2 is 1.55 bits per heavy atom. The molecule has 0 fully saturated rings. The maximum atomic E-state index is 5.83. The molecule has 0 spiro atoms. The fourth-order valence-electron chi connectivity index (χ4n) is 3.71. The van der Waals surface area contributed by atoms with E-state index in [-0.39, 0.29) is 24.0 Å². The van der Waals surface area contributed by atoms with E-state index in [4.69, 9.17) is 4.74 Å². The predicted molar refractivity (Wildman–Crippen MR) is 138 cm³/mol. The third-order valence-corrected chi connectivity index (χ3v) is 6.63. The number of rotatable bonds is 10. The molecule has 0 aliphatic heterocycles. The topological polar surface area (TPSA) is 16.4 Å². The summed E-state index contributed by atoms with van der Waals surface area (Å²) in [5.74, 6) is 0.955. The minimum Gasteiger partial charge on any atom is -1.00 e. The molecule has 0 N–H and O–H groups in total. The molecule has 0 unspecified atom stereocenters. The number of fused-ring (bicyclic) bond motifs is 1. The van der Waals surface area contributed by atoms with E-state index in [1.807, 2.05) is 41.7 Å². The van der Waals surface area contributed by atoms with Crippen LogP contribution in [-0.2, 0) is 6.54 Å². The number of nitrogens with zero attached hydrogens (tertiary/aromatic N) is 2. The average molecular weight is 571 g/mol. The smallest absolute Gasteiger partial charge is 0.262 e. The molecule has 3 nitrogen and oxygen atoms in total. The zero-order chi connectivity index (χ0) is 22.2. The molecule has 0 aliphatic carbocycles. The van der Waals surface area contributed by atoms with Crippen LogP contribution in [0.3, 0.4) is 0 Å². The lowest BCUT2D eigenvalue weighted by Gasteiger charge is -2.11. The molecule has 33 heavy (non-hydrogen) atoms. The Balaban J connectivity index is 0.00000306. The van der Waals surface area contributed by atoms with Crippen molar-refractivity contribution in [3.8, 4) is 5.75 Å². The van der Waals surface area contributed by atoms with Gasteiger partial charge in [0, 0.05) is 38.3 Å². The first kappa shape index (κ1) is 25.2. The van der Waals surface area contributed by atoms with Gasteiger partial charge in [-0.15, -0.1) is 0 Å². The van der Waals surface area contributed by atoms with Crippen LogP contribution in [0.15, 0.2) is 78.9 Å². The van der Waals surface area contributed by atoms with Gasteiger partial charge in [0.05, 0.1) is 6.61 Å². The highest BCUT2D eigenvalue weighted by Crippen LogP contribution is 2.23. The molecular formula is C28H31IN2OS. The quantitative estimate of drug-likeness (QED) is 0.164. The maximum absolute atomic E-state index is 5.83. The number of anilines is 1. The van der Waals surface area contributed by atoms with E-state index in [0.29, 0.717) is 0 Å². The number of aromatic nitrogens is 1. The summed E-state index contributed by atoms with van der Waals surface area (Å²) in [4.78, 5) is 2.12. The molecule has 0 radical (unpaired) electrons. The fourth-order valence-corrected chi connectivity index (χ4v) is 4.80. The summed E-state index contributed by atoms with van der Waals surface area (Å²) in [5, 5.41) is 1.29. The van der Waals surface area contributed by atoms with E-state index >= 15 is 0 Å². The second kappa shape index (κ2) is 12.8. The van der Waals surface area contributed by atoms with Gasteiger partial charge in [0.1, 0.15) is 10.4 Å². The van der Waals surface area contributed by atoms with Gasteiger partial charge in [-0.1, -0.05) is 53.8 Å². The van der Waals surface area contributed by atoms with Crippen LogP contribution in [0, 0.1) is 0 Å². The summed E-state index contributed by atoms with van der Waals surface area (Å²) >= 11 is 1.86. The standard InChI is InChI=1S/C28H31N2OS.HI/c1-29(2)24-18-15-23(16-19-24)17-20-28-30(26-13-7-8-14-27(26)32-28)21-9-4-10-22-31-25-11-5-3-6-12-25;/h3,5-8,11-20H,4,9-10,21-22H2,1-2H3;1H/q+1;/p-1. The third-order valence-electron chi connectivity index (χ3n) is 5.50. The summed E-state index contributed by atoms with van der Waals surface area (Å²) in [6.45, 7) is 1.79. The van der Waals surface area contributed by atoms with Gasteiger partial charge in [0.2, 0.25) is 5.52 Å². The molecule has 1 aromatic heterocycles. The van der Waals surface area contributed by atoms with Crippen molar-refractivity contribution in [2.45, 2.75) is 25.8 Å². The first-order valence-corrected chi connectivity index (χ1v) is 12.1. The lowest BCUT2D eigenvalue weighted by atomic mass is 10.2. The molecule has 3 aromatic carbocycles. The Bertz CT molecular complexity index is 1150. The van der Waals surface area contributed by atoms with Crippen molar-refractivity contribution in [1.82, 2.24) is 0 Å². The molecule has 1 heterocycles. The van der Waals surface area contributed by atoms with Crippen molar-refractivity contribution in [2.75, 3.05) is 25.6 Å². The molecule has 0 bridgehead atoms. The number of unbranched alkanes of at least 4 members (excludes halogenated alkanes) is 2. The minimum atomic E-state index is 0.